The lowest BCUT2D eigenvalue weighted by Gasteiger charge is -2.02. The van der Waals surface area contributed by atoms with Crippen molar-refractivity contribution < 1.29 is 13.3 Å². The Bertz CT molecular complexity index is 589. The Morgan fingerprint density at radius 1 is 1.28 bits per heavy atom. The molecule has 1 aromatic carbocycles. The summed E-state index contributed by atoms with van der Waals surface area (Å²) < 4.78 is 31.5. The number of anilines is 1. The molecular formula is C13H12F2N2O. The van der Waals surface area contributed by atoms with E-state index in [0.29, 0.717) is 22.7 Å². The zero-order valence-electron chi connectivity index (χ0n) is 9.78. The van der Waals surface area contributed by atoms with E-state index in [1.54, 1.807) is 0 Å². The largest absolute Gasteiger partial charge is 0.367 e. The average molecular weight is 250 g/mol. The third-order valence-corrected chi connectivity index (χ3v) is 3.36. The van der Waals surface area contributed by atoms with Gasteiger partial charge in [0.25, 0.3) is 0 Å². The summed E-state index contributed by atoms with van der Waals surface area (Å²) in [5, 5.41) is 3.92. The minimum atomic E-state index is -0.639. The Balaban J connectivity index is 2.13. The number of halogens is 2. The van der Waals surface area contributed by atoms with Gasteiger partial charge >= 0.3 is 0 Å². The molecule has 0 saturated heterocycles. The van der Waals surface area contributed by atoms with Gasteiger partial charge in [0.15, 0.2) is 0 Å². The van der Waals surface area contributed by atoms with Crippen LogP contribution in [0.4, 0.5) is 14.7 Å². The van der Waals surface area contributed by atoms with Gasteiger partial charge in [-0.1, -0.05) is 12.1 Å². The van der Waals surface area contributed by atoms with Gasteiger partial charge in [0, 0.05) is 12.0 Å². The molecule has 1 aliphatic carbocycles. The van der Waals surface area contributed by atoms with Gasteiger partial charge in [-0.3, -0.25) is 0 Å². The van der Waals surface area contributed by atoms with Gasteiger partial charge in [0.2, 0.25) is 5.88 Å². The van der Waals surface area contributed by atoms with E-state index in [0.717, 1.165) is 12.5 Å². The third kappa shape index (κ3) is 1.75. The Kier molecular flexibility index (Phi) is 2.36. The first-order chi connectivity index (χ1) is 8.56. The first kappa shape index (κ1) is 11.2. The lowest BCUT2D eigenvalue weighted by atomic mass is 10.0. The number of benzene rings is 1. The molecule has 2 N–H and O–H groups in total. The van der Waals surface area contributed by atoms with E-state index in [9.17, 15) is 8.78 Å². The van der Waals surface area contributed by atoms with Crippen LogP contribution < -0.4 is 5.73 Å². The molecule has 1 saturated carbocycles. The van der Waals surface area contributed by atoms with E-state index in [4.69, 9.17) is 10.3 Å². The smallest absolute Gasteiger partial charge is 0.230 e. The Hall–Kier alpha value is -1.91. The van der Waals surface area contributed by atoms with Crippen LogP contribution in [0.1, 0.15) is 25.0 Å². The normalized spacial score (nSPS) is 22.2. The molecule has 0 spiro atoms. The summed E-state index contributed by atoms with van der Waals surface area (Å²) >= 11 is 0. The van der Waals surface area contributed by atoms with Gasteiger partial charge in [-0.05, 0) is 30.0 Å². The van der Waals surface area contributed by atoms with Crippen LogP contribution in [0.2, 0.25) is 0 Å². The van der Waals surface area contributed by atoms with Crippen LogP contribution >= 0.6 is 0 Å². The van der Waals surface area contributed by atoms with Crippen molar-refractivity contribution in [3.8, 4) is 11.1 Å². The van der Waals surface area contributed by atoms with E-state index in [2.05, 4.69) is 12.1 Å². The number of rotatable bonds is 2. The van der Waals surface area contributed by atoms with Crippen molar-refractivity contribution in [2.24, 2.45) is 5.92 Å². The molecule has 0 radical (unpaired) electrons. The lowest BCUT2D eigenvalue weighted by Crippen LogP contribution is -1.92. The Morgan fingerprint density at radius 2 is 1.89 bits per heavy atom. The number of nitrogens with zero attached hydrogens (tertiary/aromatic N) is 1. The van der Waals surface area contributed by atoms with E-state index in [1.807, 2.05) is 0 Å². The van der Waals surface area contributed by atoms with Gasteiger partial charge in [-0.25, -0.2) is 8.78 Å². The second-order valence-electron chi connectivity index (χ2n) is 4.78. The maximum Gasteiger partial charge on any atom is 0.230 e. The molecule has 3 rings (SSSR count). The maximum atomic E-state index is 13.2. The zero-order chi connectivity index (χ0) is 12.9. The van der Waals surface area contributed by atoms with E-state index < -0.39 is 11.6 Å². The van der Waals surface area contributed by atoms with E-state index in [-0.39, 0.29) is 11.8 Å². The fraction of sp³-hybridized carbons (Fsp3) is 0.308. The van der Waals surface area contributed by atoms with Crippen LogP contribution in [0.25, 0.3) is 11.1 Å². The molecule has 1 aliphatic rings. The molecule has 1 heterocycles. The van der Waals surface area contributed by atoms with Gasteiger partial charge < -0.3 is 10.3 Å². The summed E-state index contributed by atoms with van der Waals surface area (Å²) in [6.45, 7) is 2.09. The second kappa shape index (κ2) is 3.80. The fourth-order valence-electron chi connectivity index (χ4n) is 2.26. The third-order valence-electron chi connectivity index (χ3n) is 3.36. The number of nitrogen functional groups attached to an aromatic ring is 1. The average Bonchev–Trinajstić information content (AvgIpc) is 2.86. The van der Waals surface area contributed by atoms with Crippen LogP contribution in [0.15, 0.2) is 22.7 Å². The van der Waals surface area contributed by atoms with Crippen LogP contribution in [-0.2, 0) is 0 Å². The van der Waals surface area contributed by atoms with E-state index >= 15 is 0 Å². The predicted octanol–water partition coefficient (Wildman–Crippen LogP) is 3.33. The molecule has 18 heavy (non-hydrogen) atoms. The Morgan fingerprint density at radius 3 is 2.44 bits per heavy atom. The first-order valence-corrected chi connectivity index (χ1v) is 5.77. The molecule has 94 valence electrons. The van der Waals surface area contributed by atoms with Crippen LogP contribution in [-0.4, -0.2) is 5.16 Å². The fourth-order valence-corrected chi connectivity index (χ4v) is 2.26. The number of hydrogen-bond acceptors (Lipinski definition) is 3. The topological polar surface area (TPSA) is 52.0 Å². The van der Waals surface area contributed by atoms with Crippen LogP contribution in [0.5, 0.6) is 0 Å². The predicted molar refractivity (Wildman–Crippen MR) is 62.8 cm³/mol. The molecule has 2 unspecified atom stereocenters. The van der Waals surface area contributed by atoms with Crippen LogP contribution in [0.3, 0.4) is 0 Å². The van der Waals surface area contributed by atoms with Crippen LogP contribution in [0, 0.1) is 17.6 Å². The maximum absolute atomic E-state index is 13.2. The summed E-state index contributed by atoms with van der Waals surface area (Å²) in [7, 11) is 0. The molecule has 3 nitrogen and oxygen atoms in total. The molecule has 2 atom stereocenters. The molecule has 2 aromatic rings. The summed E-state index contributed by atoms with van der Waals surface area (Å²) in [5.41, 5.74) is 7.30. The standard InChI is InChI=1S/C13H12F2N2O/c1-6-2-10(6)12-11(13(16)18-17-12)7-3-8(14)5-9(15)4-7/h3-6,10H,2,16H2,1H3. The molecule has 1 fully saturated rings. The quantitative estimate of drug-likeness (QED) is 0.889. The first-order valence-electron chi connectivity index (χ1n) is 5.77. The van der Waals surface area contributed by atoms with Gasteiger partial charge in [-0.2, -0.15) is 0 Å². The highest BCUT2D eigenvalue weighted by Gasteiger charge is 2.39. The van der Waals surface area contributed by atoms with Gasteiger partial charge in [0.05, 0.1) is 11.3 Å². The highest BCUT2D eigenvalue weighted by Crippen LogP contribution is 2.50. The minimum absolute atomic E-state index is 0.106. The molecule has 1 aromatic heterocycles. The highest BCUT2D eigenvalue weighted by atomic mass is 19.1. The van der Waals surface area contributed by atoms with Crippen molar-refractivity contribution in [1.82, 2.24) is 5.16 Å². The highest BCUT2D eigenvalue weighted by molar-refractivity contribution is 5.76. The summed E-state index contributed by atoms with van der Waals surface area (Å²) in [5.74, 6) is -0.395. The van der Waals surface area contributed by atoms with Crippen molar-refractivity contribution in [1.29, 1.82) is 0 Å². The van der Waals surface area contributed by atoms with Crippen molar-refractivity contribution in [3.05, 3.63) is 35.5 Å². The molecular weight excluding hydrogens is 238 g/mol. The number of aromatic nitrogens is 1. The minimum Gasteiger partial charge on any atom is -0.367 e. The van der Waals surface area contributed by atoms with Crippen molar-refractivity contribution in [3.63, 3.8) is 0 Å². The monoisotopic (exact) mass is 250 g/mol. The number of nitrogens with two attached hydrogens (primary N) is 1. The van der Waals surface area contributed by atoms with Gasteiger partial charge in [-0.15, -0.1) is 0 Å². The Labute approximate surface area is 103 Å². The van der Waals surface area contributed by atoms with Crippen molar-refractivity contribution >= 4 is 5.88 Å². The lowest BCUT2D eigenvalue weighted by molar-refractivity contribution is 0.427. The SMILES string of the molecule is CC1CC1c1noc(N)c1-c1cc(F)cc(F)c1. The number of hydrogen-bond donors (Lipinski definition) is 1. The molecule has 0 bridgehead atoms. The zero-order valence-corrected chi connectivity index (χ0v) is 9.78. The molecule has 0 amide bonds. The van der Waals surface area contributed by atoms with E-state index in [1.165, 1.54) is 12.1 Å². The summed E-state index contributed by atoms with van der Waals surface area (Å²) in [4.78, 5) is 0. The molecule has 5 heteroatoms. The van der Waals surface area contributed by atoms with Crippen molar-refractivity contribution in [2.45, 2.75) is 19.3 Å². The second-order valence-corrected chi connectivity index (χ2v) is 4.78. The van der Waals surface area contributed by atoms with Crippen molar-refractivity contribution in [2.75, 3.05) is 5.73 Å². The van der Waals surface area contributed by atoms with Gasteiger partial charge in [0.1, 0.15) is 11.6 Å². The summed E-state index contributed by atoms with van der Waals surface area (Å²) in [6.07, 6.45) is 0.997. The summed E-state index contributed by atoms with van der Waals surface area (Å²) in [6, 6.07) is 3.30. The molecule has 0 aliphatic heterocycles.